The van der Waals surface area contributed by atoms with Gasteiger partial charge in [-0.15, -0.1) is 0 Å². The van der Waals surface area contributed by atoms with Crippen molar-refractivity contribution in [1.82, 2.24) is 5.32 Å². The molecule has 0 bridgehead atoms. The van der Waals surface area contributed by atoms with Crippen molar-refractivity contribution in [3.05, 3.63) is 65.7 Å². The van der Waals surface area contributed by atoms with E-state index in [0.29, 0.717) is 5.69 Å². The van der Waals surface area contributed by atoms with Gasteiger partial charge in [0.25, 0.3) is 5.72 Å². The molecule has 2 atom stereocenters. The molecule has 1 heterocycles. The Balaban J connectivity index is 2.01. The first-order valence-corrected chi connectivity index (χ1v) is 6.76. The van der Waals surface area contributed by atoms with Gasteiger partial charge in [0, 0.05) is 16.8 Å². The number of benzene rings is 2. The number of aliphatic hydroxyl groups is 2. The second-order valence-electron chi connectivity index (χ2n) is 5.36. The van der Waals surface area contributed by atoms with Crippen LogP contribution in [0.15, 0.2) is 54.6 Å². The average molecular weight is 296 g/mol. The fourth-order valence-corrected chi connectivity index (χ4v) is 3.20. The van der Waals surface area contributed by atoms with Crippen molar-refractivity contribution >= 4 is 17.5 Å². The molecular weight excluding hydrogens is 284 g/mol. The standard InChI is InChI=1S/C16H12N2O4/c19-13-11-8-4-5-9-12(11)16(22)15(13,21)17-14(20)18(16)10-6-2-1-3-7-10/h1-9,21-22H,(H,17,20). The number of ketones is 1. The Labute approximate surface area is 125 Å². The van der Waals surface area contributed by atoms with E-state index in [9.17, 15) is 19.8 Å². The SMILES string of the molecule is O=C1NC2(O)C(=O)c3ccccc3C2(O)N1c1ccccc1. The van der Waals surface area contributed by atoms with Crippen LogP contribution in [0.4, 0.5) is 10.5 Å². The molecule has 22 heavy (non-hydrogen) atoms. The normalized spacial score (nSPS) is 29.3. The summed E-state index contributed by atoms with van der Waals surface area (Å²) in [4.78, 5) is 25.8. The van der Waals surface area contributed by atoms with E-state index < -0.39 is 23.3 Å². The van der Waals surface area contributed by atoms with Gasteiger partial charge >= 0.3 is 6.03 Å². The second-order valence-corrected chi connectivity index (χ2v) is 5.36. The van der Waals surface area contributed by atoms with Crippen molar-refractivity contribution < 1.29 is 19.8 Å². The van der Waals surface area contributed by atoms with Gasteiger partial charge in [0.05, 0.1) is 0 Å². The van der Waals surface area contributed by atoms with Gasteiger partial charge in [-0.2, -0.15) is 0 Å². The molecule has 2 aromatic rings. The lowest BCUT2D eigenvalue weighted by Gasteiger charge is -2.34. The molecule has 0 spiro atoms. The predicted octanol–water partition coefficient (Wildman–Crippen LogP) is 0.946. The summed E-state index contributed by atoms with van der Waals surface area (Å²) in [6.45, 7) is 0. The van der Waals surface area contributed by atoms with E-state index in [1.807, 2.05) is 0 Å². The van der Waals surface area contributed by atoms with Crippen molar-refractivity contribution in [1.29, 1.82) is 0 Å². The number of nitrogens with zero attached hydrogens (tertiary/aromatic N) is 1. The number of amides is 2. The van der Waals surface area contributed by atoms with E-state index in [-0.39, 0.29) is 11.1 Å². The van der Waals surface area contributed by atoms with E-state index in [0.717, 1.165) is 4.90 Å². The lowest BCUT2D eigenvalue weighted by Crippen LogP contribution is -2.59. The van der Waals surface area contributed by atoms with Crippen LogP contribution in [0.25, 0.3) is 0 Å². The molecule has 2 aromatic carbocycles. The zero-order chi connectivity index (χ0) is 15.5. The van der Waals surface area contributed by atoms with Crippen LogP contribution in [0.2, 0.25) is 0 Å². The number of fused-ring (bicyclic) bond motifs is 3. The molecule has 2 unspecified atom stereocenters. The number of rotatable bonds is 1. The molecule has 1 saturated heterocycles. The van der Waals surface area contributed by atoms with Crippen molar-refractivity contribution in [3.63, 3.8) is 0 Å². The second kappa shape index (κ2) is 3.94. The van der Waals surface area contributed by atoms with Gasteiger partial charge in [0.15, 0.2) is 0 Å². The van der Waals surface area contributed by atoms with Crippen LogP contribution in [-0.4, -0.2) is 27.8 Å². The van der Waals surface area contributed by atoms with Crippen LogP contribution in [0.1, 0.15) is 15.9 Å². The number of para-hydroxylation sites is 1. The first-order chi connectivity index (χ1) is 10.5. The molecule has 1 aliphatic heterocycles. The van der Waals surface area contributed by atoms with Crippen LogP contribution in [0.5, 0.6) is 0 Å². The molecule has 1 aliphatic carbocycles. The zero-order valence-corrected chi connectivity index (χ0v) is 11.4. The maximum absolute atomic E-state index is 12.5. The Morgan fingerprint density at radius 3 is 2.27 bits per heavy atom. The number of Topliss-reactive ketones (excluding diaryl/α,β-unsaturated/α-hetero) is 1. The van der Waals surface area contributed by atoms with Gasteiger partial charge in [-0.3, -0.25) is 15.0 Å². The first-order valence-electron chi connectivity index (χ1n) is 6.76. The summed E-state index contributed by atoms with van der Waals surface area (Å²) < 4.78 is 0. The summed E-state index contributed by atoms with van der Waals surface area (Å²) in [5.41, 5.74) is -3.82. The van der Waals surface area contributed by atoms with Gasteiger partial charge < -0.3 is 10.2 Å². The highest BCUT2D eigenvalue weighted by molar-refractivity contribution is 6.15. The average Bonchev–Trinajstić information content (AvgIpc) is 2.84. The van der Waals surface area contributed by atoms with Crippen molar-refractivity contribution in [2.24, 2.45) is 0 Å². The van der Waals surface area contributed by atoms with Gasteiger partial charge in [-0.1, -0.05) is 42.5 Å². The number of hydrogen-bond acceptors (Lipinski definition) is 4. The van der Waals surface area contributed by atoms with E-state index in [4.69, 9.17) is 0 Å². The van der Waals surface area contributed by atoms with Gasteiger partial charge in [-0.25, -0.2) is 4.79 Å². The minimum absolute atomic E-state index is 0.188. The maximum atomic E-state index is 12.5. The summed E-state index contributed by atoms with van der Waals surface area (Å²) in [6, 6.07) is 14.0. The lowest BCUT2D eigenvalue weighted by molar-refractivity contribution is -0.109. The highest BCUT2D eigenvalue weighted by atomic mass is 16.4. The van der Waals surface area contributed by atoms with Gasteiger partial charge in [0.2, 0.25) is 11.5 Å². The number of nitrogens with one attached hydrogen (secondary N) is 1. The number of hydrogen-bond donors (Lipinski definition) is 3. The largest absolute Gasteiger partial charge is 0.362 e. The molecule has 3 N–H and O–H groups in total. The Morgan fingerprint density at radius 2 is 1.55 bits per heavy atom. The third-order valence-electron chi connectivity index (χ3n) is 4.21. The Bertz CT molecular complexity index is 807. The van der Waals surface area contributed by atoms with Crippen LogP contribution in [0.3, 0.4) is 0 Å². The topological polar surface area (TPSA) is 89.9 Å². The number of carbonyl (C=O) groups excluding carboxylic acids is 2. The Kier molecular flexibility index (Phi) is 2.33. The Morgan fingerprint density at radius 1 is 0.909 bits per heavy atom. The third kappa shape index (κ3) is 1.26. The highest BCUT2D eigenvalue weighted by Gasteiger charge is 2.72. The summed E-state index contributed by atoms with van der Waals surface area (Å²) in [5, 5.41) is 24.1. The van der Waals surface area contributed by atoms with Gasteiger partial charge in [-0.05, 0) is 12.1 Å². The van der Waals surface area contributed by atoms with E-state index in [1.165, 1.54) is 12.1 Å². The smallest absolute Gasteiger partial charge is 0.327 e. The molecule has 2 aliphatic rings. The summed E-state index contributed by atoms with van der Waals surface area (Å²) in [7, 11) is 0. The molecule has 6 heteroatoms. The zero-order valence-electron chi connectivity index (χ0n) is 11.4. The first kappa shape index (κ1) is 13.0. The molecule has 2 amide bonds. The molecule has 4 rings (SSSR count). The minimum atomic E-state index is -2.40. The molecule has 0 radical (unpaired) electrons. The maximum Gasteiger partial charge on any atom is 0.327 e. The molecule has 0 saturated carbocycles. The van der Waals surface area contributed by atoms with Crippen LogP contribution in [0, 0.1) is 0 Å². The van der Waals surface area contributed by atoms with Crippen molar-refractivity contribution in [2.45, 2.75) is 11.4 Å². The third-order valence-corrected chi connectivity index (χ3v) is 4.21. The van der Waals surface area contributed by atoms with Crippen LogP contribution < -0.4 is 10.2 Å². The van der Waals surface area contributed by atoms with Crippen LogP contribution >= 0.6 is 0 Å². The fraction of sp³-hybridized carbons (Fsp3) is 0.125. The summed E-state index contributed by atoms with van der Waals surface area (Å²) in [5.74, 6) is -0.725. The number of carbonyl (C=O) groups is 2. The predicted molar refractivity (Wildman–Crippen MR) is 77.1 cm³/mol. The minimum Gasteiger partial charge on any atom is -0.362 e. The number of anilines is 1. The quantitative estimate of drug-likeness (QED) is 0.731. The number of urea groups is 1. The van der Waals surface area contributed by atoms with Crippen molar-refractivity contribution in [2.75, 3.05) is 4.90 Å². The molecule has 1 fully saturated rings. The molecule has 0 aromatic heterocycles. The monoisotopic (exact) mass is 296 g/mol. The molecular formula is C16H12N2O4. The van der Waals surface area contributed by atoms with Crippen molar-refractivity contribution in [3.8, 4) is 0 Å². The summed E-state index contributed by atoms with van der Waals surface area (Å²) in [6.07, 6.45) is 0. The van der Waals surface area contributed by atoms with Gasteiger partial charge in [0.1, 0.15) is 0 Å². The van der Waals surface area contributed by atoms with Crippen LogP contribution in [-0.2, 0) is 5.72 Å². The van der Waals surface area contributed by atoms with E-state index in [2.05, 4.69) is 5.32 Å². The Hall–Kier alpha value is -2.70. The highest BCUT2D eigenvalue weighted by Crippen LogP contribution is 2.50. The summed E-state index contributed by atoms with van der Waals surface area (Å²) >= 11 is 0. The molecule has 110 valence electrons. The van der Waals surface area contributed by atoms with E-state index >= 15 is 0 Å². The fourth-order valence-electron chi connectivity index (χ4n) is 3.20. The molecule has 6 nitrogen and oxygen atoms in total. The lowest BCUT2D eigenvalue weighted by atomic mass is 9.98. The van der Waals surface area contributed by atoms with E-state index in [1.54, 1.807) is 42.5 Å².